The number of pyridine rings is 1. The maximum Gasteiger partial charge on any atom is 0.418 e. The molecule has 0 aliphatic carbocycles. The average molecular weight is 389 g/mol. The number of anilines is 2. The standard InChI is InChI=1S/C20H15F4N3O/c21-16-7-3-1-5-14(16)12-26-19(28)13-9-10-25-18(11-13)27-17-8-4-2-6-15(17)20(22,23)24/h1-11H,12H2,(H,25,27)(H,26,28). The molecule has 0 radical (unpaired) electrons. The van der Waals surface area contributed by atoms with Crippen LogP contribution in [0.15, 0.2) is 66.9 Å². The van der Waals surface area contributed by atoms with E-state index in [9.17, 15) is 22.4 Å². The third kappa shape index (κ3) is 4.64. The van der Waals surface area contributed by atoms with Gasteiger partial charge in [0.05, 0.1) is 11.3 Å². The Hall–Kier alpha value is -3.42. The number of hydrogen-bond acceptors (Lipinski definition) is 3. The Labute approximate surface area is 158 Å². The van der Waals surface area contributed by atoms with Crippen LogP contribution in [0.5, 0.6) is 0 Å². The fraction of sp³-hybridized carbons (Fsp3) is 0.100. The molecule has 3 aromatic rings. The summed E-state index contributed by atoms with van der Waals surface area (Å²) >= 11 is 0. The van der Waals surface area contributed by atoms with Gasteiger partial charge in [0.25, 0.3) is 5.91 Å². The van der Waals surface area contributed by atoms with E-state index in [1.807, 2.05) is 0 Å². The van der Waals surface area contributed by atoms with Gasteiger partial charge < -0.3 is 10.6 Å². The maximum absolute atomic E-state index is 13.6. The number of halogens is 4. The molecule has 0 unspecified atom stereocenters. The number of para-hydroxylation sites is 1. The van der Waals surface area contributed by atoms with Gasteiger partial charge in [0.15, 0.2) is 0 Å². The van der Waals surface area contributed by atoms with Gasteiger partial charge in [0.1, 0.15) is 11.6 Å². The molecular weight excluding hydrogens is 374 g/mol. The SMILES string of the molecule is O=C(NCc1ccccc1F)c1ccnc(Nc2ccccc2C(F)(F)F)c1. The fourth-order valence-corrected chi connectivity index (χ4v) is 2.54. The molecule has 0 saturated carbocycles. The van der Waals surface area contributed by atoms with Crippen LogP contribution < -0.4 is 10.6 Å². The lowest BCUT2D eigenvalue weighted by Gasteiger charge is -2.14. The van der Waals surface area contributed by atoms with E-state index in [0.717, 1.165) is 6.07 Å². The van der Waals surface area contributed by atoms with E-state index in [1.165, 1.54) is 42.6 Å². The number of alkyl halides is 3. The zero-order valence-electron chi connectivity index (χ0n) is 14.4. The Balaban J connectivity index is 1.74. The molecule has 4 nitrogen and oxygen atoms in total. The van der Waals surface area contributed by atoms with Crippen molar-refractivity contribution in [3.63, 3.8) is 0 Å². The van der Waals surface area contributed by atoms with E-state index in [-0.39, 0.29) is 23.6 Å². The monoisotopic (exact) mass is 389 g/mol. The first-order valence-electron chi connectivity index (χ1n) is 8.25. The lowest BCUT2D eigenvalue weighted by molar-refractivity contribution is -0.136. The fourth-order valence-electron chi connectivity index (χ4n) is 2.54. The second-order valence-corrected chi connectivity index (χ2v) is 5.87. The molecule has 0 spiro atoms. The summed E-state index contributed by atoms with van der Waals surface area (Å²) in [4.78, 5) is 16.2. The van der Waals surface area contributed by atoms with Crippen LogP contribution in [0.1, 0.15) is 21.5 Å². The number of rotatable bonds is 5. The van der Waals surface area contributed by atoms with Crippen molar-refractivity contribution in [2.45, 2.75) is 12.7 Å². The van der Waals surface area contributed by atoms with Gasteiger partial charge in [-0.15, -0.1) is 0 Å². The average Bonchev–Trinajstić information content (AvgIpc) is 2.67. The number of benzene rings is 2. The summed E-state index contributed by atoms with van der Waals surface area (Å²) < 4.78 is 52.9. The Kier molecular flexibility index (Phi) is 5.58. The van der Waals surface area contributed by atoms with Crippen molar-refractivity contribution in [1.29, 1.82) is 0 Å². The molecule has 1 aromatic heterocycles. The minimum absolute atomic E-state index is 0.0203. The minimum atomic E-state index is -4.53. The summed E-state index contributed by atoms with van der Waals surface area (Å²) in [6.45, 7) is -0.0203. The third-order valence-electron chi connectivity index (χ3n) is 3.91. The number of hydrogen-bond donors (Lipinski definition) is 2. The quantitative estimate of drug-likeness (QED) is 0.610. The summed E-state index contributed by atoms with van der Waals surface area (Å²) in [7, 11) is 0. The predicted molar refractivity (Wildman–Crippen MR) is 96.5 cm³/mol. The van der Waals surface area contributed by atoms with Gasteiger partial charge in [-0.3, -0.25) is 4.79 Å². The molecule has 0 atom stereocenters. The van der Waals surface area contributed by atoms with Gasteiger partial charge in [-0.1, -0.05) is 30.3 Å². The number of nitrogens with zero attached hydrogens (tertiary/aromatic N) is 1. The maximum atomic E-state index is 13.6. The van der Waals surface area contributed by atoms with Gasteiger partial charge >= 0.3 is 6.18 Å². The second kappa shape index (κ2) is 8.08. The Bertz CT molecular complexity index is 989. The molecule has 0 aliphatic rings. The number of carbonyl (C=O) groups is 1. The van der Waals surface area contributed by atoms with Crippen molar-refractivity contribution in [3.8, 4) is 0 Å². The molecule has 1 amide bonds. The van der Waals surface area contributed by atoms with Crippen LogP contribution >= 0.6 is 0 Å². The molecule has 2 N–H and O–H groups in total. The van der Waals surface area contributed by atoms with Crippen molar-refractivity contribution in [1.82, 2.24) is 10.3 Å². The van der Waals surface area contributed by atoms with Crippen LogP contribution in [0.4, 0.5) is 29.1 Å². The molecule has 144 valence electrons. The lowest BCUT2D eigenvalue weighted by atomic mass is 10.1. The van der Waals surface area contributed by atoms with E-state index in [4.69, 9.17) is 0 Å². The molecule has 0 saturated heterocycles. The van der Waals surface area contributed by atoms with Crippen molar-refractivity contribution >= 4 is 17.4 Å². The van der Waals surface area contributed by atoms with Gasteiger partial charge in [-0.05, 0) is 30.3 Å². The largest absolute Gasteiger partial charge is 0.418 e. The number of aromatic nitrogens is 1. The van der Waals surface area contributed by atoms with Crippen LogP contribution in [-0.4, -0.2) is 10.9 Å². The highest BCUT2D eigenvalue weighted by Gasteiger charge is 2.33. The zero-order valence-corrected chi connectivity index (χ0v) is 14.4. The Morgan fingerprint density at radius 1 is 1.00 bits per heavy atom. The highest BCUT2D eigenvalue weighted by molar-refractivity contribution is 5.94. The topological polar surface area (TPSA) is 54.0 Å². The summed E-state index contributed by atoms with van der Waals surface area (Å²) in [6, 6.07) is 13.7. The van der Waals surface area contributed by atoms with Crippen LogP contribution in [0, 0.1) is 5.82 Å². The molecule has 0 fully saturated rings. The van der Waals surface area contributed by atoms with E-state index in [0.29, 0.717) is 5.56 Å². The molecule has 0 bridgehead atoms. The normalized spacial score (nSPS) is 11.1. The molecule has 28 heavy (non-hydrogen) atoms. The van der Waals surface area contributed by atoms with Gasteiger partial charge in [0, 0.05) is 23.9 Å². The molecule has 0 aliphatic heterocycles. The summed E-state index contributed by atoms with van der Waals surface area (Å²) in [6.07, 6.45) is -3.23. The van der Waals surface area contributed by atoms with E-state index < -0.39 is 23.5 Å². The Morgan fingerprint density at radius 3 is 2.46 bits per heavy atom. The van der Waals surface area contributed by atoms with Crippen molar-refractivity contribution in [3.05, 3.63) is 89.4 Å². The van der Waals surface area contributed by atoms with Gasteiger partial charge in [0.2, 0.25) is 0 Å². The lowest BCUT2D eigenvalue weighted by Crippen LogP contribution is -2.23. The van der Waals surface area contributed by atoms with Crippen molar-refractivity contribution < 1.29 is 22.4 Å². The van der Waals surface area contributed by atoms with Crippen LogP contribution in [0.25, 0.3) is 0 Å². The summed E-state index contributed by atoms with van der Waals surface area (Å²) in [5, 5.41) is 5.15. The van der Waals surface area contributed by atoms with Gasteiger partial charge in [-0.25, -0.2) is 9.37 Å². The van der Waals surface area contributed by atoms with Crippen LogP contribution in [0.3, 0.4) is 0 Å². The summed E-state index contributed by atoms with van der Waals surface area (Å²) in [5.41, 5.74) is -0.515. The first kappa shape index (κ1) is 19.3. The zero-order chi connectivity index (χ0) is 20.1. The van der Waals surface area contributed by atoms with Crippen molar-refractivity contribution in [2.75, 3.05) is 5.32 Å². The first-order valence-corrected chi connectivity index (χ1v) is 8.25. The third-order valence-corrected chi connectivity index (χ3v) is 3.91. The number of amides is 1. The van der Waals surface area contributed by atoms with Gasteiger partial charge in [-0.2, -0.15) is 13.2 Å². The molecule has 3 rings (SSSR count). The van der Waals surface area contributed by atoms with E-state index in [2.05, 4.69) is 15.6 Å². The highest BCUT2D eigenvalue weighted by Crippen LogP contribution is 2.35. The van der Waals surface area contributed by atoms with E-state index in [1.54, 1.807) is 18.2 Å². The minimum Gasteiger partial charge on any atom is -0.348 e. The highest BCUT2D eigenvalue weighted by atomic mass is 19.4. The van der Waals surface area contributed by atoms with Crippen LogP contribution in [-0.2, 0) is 12.7 Å². The summed E-state index contributed by atoms with van der Waals surface area (Å²) in [5.74, 6) is -0.864. The molecule has 8 heteroatoms. The Morgan fingerprint density at radius 2 is 1.71 bits per heavy atom. The van der Waals surface area contributed by atoms with Crippen molar-refractivity contribution in [2.24, 2.45) is 0 Å². The smallest absolute Gasteiger partial charge is 0.348 e. The van der Waals surface area contributed by atoms with E-state index >= 15 is 0 Å². The second-order valence-electron chi connectivity index (χ2n) is 5.87. The molecule has 1 heterocycles. The van der Waals surface area contributed by atoms with Crippen LogP contribution in [0.2, 0.25) is 0 Å². The molecular formula is C20H15F4N3O. The predicted octanol–water partition coefficient (Wildman–Crippen LogP) is 4.91. The number of nitrogens with one attached hydrogen (secondary N) is 2. The molecule has 2 aromatic carbocycles. The first-order chi connectivity index (χ1) is 13.3. The number of carbonyl (C=O) groups excluding carboxylic acids is 1.